The number of ether oxygens (including phenoxy) is 2. The number of carbonyl (C=O) groups excluding carboxylic acids is 3. The summed E-state index contributed by atoms with van der Waals surface area (Å²) in [6.07, 6.45) is 5.67. The lowest BCUT2D eigenvalue weighted by atomic mass is 9.77. The summed E-state index contributed by atoms with van der Waals surface area (Å²) >= 11 is 0. The van der Waals surface area contributed by atoms with Crippen molar-refractivity contribution in [3.8, 4) is 11.5 Å². The summed E-state index contributed by atoms with van der Waals surface area (Å²) in [7, 11) is 0. The lowest BCUT2D eigenvalue weighted by Crippen LogP contribution is -2.50. The number of urea groups is 1. The van der Waals surface area contributed by atoms with Crippen LogP contribution in [0.3, 0.4) is 0 Å². The van der Waals surface area contributed by atoms with Crippen molar-refractivity contribution in [2.45, 2.75) is 63.5 Å². The van der Waals surface area contributed by atoms with Gasteiger partial charge < -0.3 is 19.7 Å². The Morgan fingerprint density at radius 2 is 1.84 bits per heavy atom. The van der Waals surface area contributed by atoms with E-state index in [1.165, 1.54) is 0 Å². The number of nitrogens with zero attached hydrogens (tertiary/aromatic N) is 2. The molecule has 8 nitrogen and oxygen atoms in total. The van der Waals surface area contributed by atoms with Crippen molar-refractivity contribution in [2.75, 3.05) is 26.3 Å². The molecule has 1 atom stereocenters. The molecule has 8 heteroatoms. The van der Waals surface area contributed by atoms with Crippen molar-refractivity contribution in [3.63, 3.8) is 0 Å². The van der Waals surface area contributed by atoms with Crippen LogP contribution >= 0.6 is 0 Å². The van der Waals surface area contributed by atoms with E-state index in [-0.39, 0.29) is 24.4 Å². The van der Waals surface area contributed by atoms with Gasteiger partial charge >= 0.3 is 6.03 Å². The number of likely N-dealkylation sites (tertiary alicyclic amines) is 1. The van der Waals surface area contributed by atoms with Gasteiger partial charge in [-0.05, 0) is 62.1 Å². The molecule has 1 saturated carbocycles. The third kappa shape index (κ3) is 3.69. The summed E-state index contributed by atoms with van der Waals surface area (Å²) in [5, 5.41) is 2.90. The van der Waals surface area contributed by atoms with Gasteiger partial charge in [0.2, 0.25) is 5.91 Å². The van der Waals surface area contributed by atoms with Gasteiger partial charge in [0.1, 0.15) is 12.1 Å². The zero-order valence-electron chi connectivity index (χ0n) is 18.6. The molecule has 1 aliphatic carbocycles. The molecule has 1 unspecified atom stereocenters. The Balaban J connectivity index is 1.30. The number of nitrogens with one attached hydrogen (secondary N) is 1. The first-order valence-corrected chi connectivity index (χ1v) is 11.8. The van der Waals surface area contributed by atoms with Gasteiger partial charge in [-0.2, -0.15) is 0 Å². The van der Waals surface area contributed by atoms with Gasteiger partial charge in [-0.1, -0.05) is 13.0 Å². The van der Waals surface area contributed by atoms with Crippen LogP contribution in [0.4, 0.5) is 4.79 Å². The molecule has 1 aromatic carbocycles. The van der Waals surface area contributed by atoms with E-state index < -0.39 is 11.6 Å². The second kappa shape index (κ2) is 8.30. The summed E-state index contributed by atoms with van der Waals surface area (Å²) < 4.78 is 11.5. The molecule has 3 aliphatic heterocycles. The Morgan fingerprint density at radius 3 is 2.62 bits per heavy atom. The SMILES string of the molecule is CC1CCC2(CC1)NC(=O)N(CC(=O)N1CCCC1c1ccc3c(c1)OCCCO3)C2=O. The molecule has 0 bridgehead atoms. The topological polar surface area (TPSA) is 88.2 Å². The Hall–Kier alpha value is -2.77. The fourth-order valence-electron chi connectivity index (χ4n) is 5.44. The average Bonchev–Trinajstić information content (AvgIpc) is 3.27. The highest BCUT2D eigenvalue weighted by atomic mass is 16.5. The first-order chi connectivity index (χ1) is 15.5. The van der Waals surface area contributed by atoms with Gasteiger partial charge in [0.15, 0.2) is 11.5 Å². The van der Waals surface area contributed by atoms with E-state index >= 15 is 0 Å². The quantitative estimate of drug-likeness (QED) is 0.729. The molecule has 172 valence electrons. The van der Waals surface area contributed by atoms with E-state index in [4.69, 9.17) is 9.47 Å². The minimum atomic E-state index is -0.817. The maximum Gasteiger partial charge on any atom is 0.325 e. The van der Waals surface area contributed by atoms with Crippen LogP contribution in [0.2, 0.25) is 0 Å². The van der Waals surface area contributed by atoms with Crippen molar-refractivity contribution in [1.29, 1.82) is 0 Å². The molecular weight excluding hydrogens is 410 g/mol. The van der Waals surface area contributed by atoms with Gasteiger partial charge in [0, 0.05) is 13.0 Å². The Bertz CT molecular complexity index is 924. The summed E-state index contributed by atoms with van der Waals surface area (Å²) in [6.45, 7) is 3.82. The Morgan fingerprint density at radius 1 is 1.09 bits per heavy atom. The molecule has 32 heavy (non-hydrogen) atoms. The van der Waals surface area contributed by atoms with E-state index in [9.17, 15) is 14.4 Å². The molecule has 4 amide bonds. The predicted octanol–water partition coefficient (Wildman–Crippen LogP) is 3.01. The predicted molar refractivity (Wildman–Crippen MR) is 116 cm³/mol. The summed E-state index contributed by atoms with van der Waals surface area (Å²) in [5.41, 5.74) is 0.179. The number of rotatable bonds is 3. The second-order valence-electron chi connectivity index (χ2n) is 9.59. The molecule has 0 radical (unpaired) electrons. The minimum absolute atomic E-state index is 0.0927. The fraction of sp³-hybridized carbons (Fsp3) is 0.625. The van der Waals surface area contributed by atoms with Crippen LogP contribution < -0.4 is 14.8 Å². The smallest absolute Gasteiger partial charge is 0.325 e. The van der Waals surface area contributed by atoms with Crippen LogP contribution in [0.5, 0.6) is 11.5 Å². The first kappa shape index (κ1) is 21.1. The molecule has 1 aromatic rings. The molecule has 3 fully saturated rings. The van der Waals surface area contributed by atoms with E-state index in [1.807, 2.05) is 18.2 Å². The molecule has 2 saturated heterocycles. The van der Waals surface area contributed by atoms with Gasteiger partial charge in [0.05, 0.1) is 19.3 Å². The standard InChI is InChI=1S/C24H31N3O5/c1-16-7-9-24(10-8-16)22(29)27(23(30)25-24)15-21(28)26-11-2-4-18(26)17-5-6-19-20(14-17)32-13-3-12-31-19/h5-6,14,16,18H,2-4,7-13,15H2,1H3,(H,25,30). The minimum Gasteiger partial charge on any atom is -0.490 e. The van der Waals surface area contributed by atoms with Gasteiger partial charge in [-0.15, -0.1) is 0 Å². The number of carbonyl (C=O) groups is 3. The van der Waals surface area contributed by atoms with Crippen LogP contribution in [0.1, 0.15) is 63.5 Å². The van der Waals surface area contributed by atoms with E-state index in [1.54, 1.807) is 4.90 Å². The second-order valence-corrected chi connectivity index (χ2v) is 9.59. The first-order valence-electron chi connectivity index (χ1n) is 11.8. The van der Waals surface area contributed by atoms with Crippen LogP contribution in [0, 0.1) is 5.92 Å². The third-order valence-electron chi connectivity index (χ3n) is 7.40. The van der Waals surface area contributed by atoms with Crippen LogP contribution in [0.15, 0.2) is 18.2 Å². The van der Waals surface area contributed by atoms with Crippen molar-refractivity contribution in [3.05, 3.63) is 23.8 Å². The van der Waals surface area contributed by atoms with E-state index in [0.29, 0.717) is 44.3 Å². The maximum atomic E-state index is 13.2. The van der Waals surface area contributed by atoms with E-state index in [2.05, 4.69) is 12.2 Å². The number of fused-ring (bicyclic) bond motifs is 1. The zero-order valence-corrected chi connectivity index (χ0v) is 18.6. The highest BCUT2D eigenvalue weighted by molar-refractivity contribution is 6.09. The maximum absolute atomic E-state index is 13.2. The average molecular weight is 442 g/mol. The van der Waals surface area contributed by atoms with Crippen LogP contribution in [0.25, 0.3) is 0 Å². The molecule has 5 rings (SSSR count). The zero-order chi connectivity index (χ0) is 22.3. The molecule has 1 N–H and O–H groups in total. The highest BCUT2D eigenvalue weighted by Gasteiger charge is 2.52. The number of imide groups is 1. The van der Waals surface area contributed by atoms with Crippen LogP contribution in [-0.2, 0) is 9.59 Å². The summed E-state index contributed by atoms with van der Waals surface area (Å²) in [6, 6.07) is 5.31. The Kier molecular flexibility index (Phi) is 5.47. The number of benzene rings is 1. The Labute approximate surface area is 188 Å². The number of hydrogen-bond donors (Lipinski definition) is 1. The monoisotopic (exact) mass is 441 g/mol. The molecule has 4 aliphatic rings. The molecule has 1 spiro atoms. The van der Waals surface area contributed by atoms with E-state index in [0.717, 1.165) is 48.3 Å². The number of hydrogen-bond acceptors (Lipinski definition) is 5. The van der Waals surface area contributed by atoms with Gasteiger partial charge in [-0.3, -0.25) is 14.5 Å². The molecular formula is C24H31N3O5. The molecule has 0 aromatic heterocycles. The largest absolute Gasteiger partial charge is 0.490 e. The molecule has 3 heterocycles. The summed E-state index contributed by atoms with van der Waals surface area (Å²) in [4.78, 5) is 41.9. The lowest BCUT2D eigenvalue weighted by Gasteiger charge is -2.33. The lowest BCUT2D eigenvalue weighted by molar-refractivity contribution is -0.140. The highest BCUT2D eigenvalue weighted by Crippen LogP contribution is 2.39. The normalized spacial score (nSPS) is 29.9. The van der Waals surface area contributed by atoms with Crippen LogP contribution in [-0.4, -0.2) is 59.5 Å². The van der Waals surface area contributed by atoms with Crippen molar-refractivity contribution >= 4 is 17.8 Å². The third-order valence-corrected chi connectivity index (χ3v) is 7.40. The summed E-state index contributed by atoms with van der Waals surface area (Å²) in [5.74, 6) is 1.57. The van der Waals surface area contributed by atoms with Gasteiger partial charge in [0.25, 0.3) is 5.91 Å². The number of amides is 4. The van der Waals surface area contributed by atoms with Crippen molar-refractivity contribution < 1.29 is 23.9 Å². The van der Waals surface area contributed by atoms with Crippen molar-refractivity contribution in [1.82, 2.24) is 15.1 Å². The fourth-order valence-corrected chi connectivity index (χ4v) is 5.44. The van der Waals surface area contributed by atoms with Gasteiger partial charge in [-0.25, -0.2) is 4.79 Å². The van der Waals surface area contributed by atoms with Crippen molar-refractivity contribution in [2.24, 2.45) is 5.92 Å².